The molecule has 4 heteroatoms. The van der Waals surface area contributed by atoms with Crippen molar-refractivity contribution in [3.05, 3.63) is 53.6 Å². The van der Waals surface area contributed by atoms with Crippen molar-refractivity contribution in [1.29, 1.82) is 0 Å². The van der Waals surface area contributed by atoms with Crippen LogP contribution in [0.4, 0.5) is 11.4 Å². The van der Waals surface area contributed by atoms with Crippen LogP contribution in [0.1, 0.15) is 25.0 Å². The summed E-state index contributed by atoms with van der Waals surface area (Å²) in [6.45, 7) is 4.64. The van der Waals surface area contributed by atoms with Crippen molar-refractivity contribution < 1.29 is 9.84 Å². The van der Waals surface area contributed by atoms with Crippen molar-refractivity contribution in [3.8, 4) is 5.75 Å². The Morgan fingerprint density at radius 1 is 1.14 bits per heavy atom. The van der Waals surface area contributed by atoms with E-state index in [9.17, 15) is 0 Å². The summed E-state index contributed by atoms with van der Waals surface area (Å²) in [5.74, 6) is 0.694. The number of anilines is 2. The van der Waals surface area contributed by atoms with E-state index in [-0.39, 0.29) is 12.7 Å². The molecule has 2 aromatic rings. The van der Waals surface area contributed by atoms with E-state index >= 15 is 0 Å². The Morgan fingerprint density at radius 3 is 2.57 bits per heavy atom. The topological polar surface area (TPSA) is 67.5 Å². The first-order chi connectivity index (χ1) is 10.1. The van der Waals surface area contributed by atoms with Gasteiger partial charge in [0.1, 0.15) is 5.75 Å². The fraction of sp³-hybridized carbons (Fsp3) is 0.294. The van der Waals surface area contributed by atoms with Crippen LogP contribution in [0.2, 0.25) is 0 Å². The van der Waals surface area contributed by atoms with Crippen LogP contribution in [0.3, 0.4) is 0 Å². The third-order valence-electron chi connectivity index (χ3n) is 3.09. The molecule has 0 radical (unpaired) electrons. The molecular formula is C17H22N2O2. The van der Waals surface area contributed by atoms with E-state index in [0.717, 1.165) is 16.8 Å². The zero-order chi connectivity index (χ0) is 15.2. The lowest BCUT2D eigenvalue weighted by Gasteiger charge is -2.16. The molecule has 21 heavy (non-hydrogen) atoms. The molecule has 0 bridgehead atoms. The standard InChI is InChI=1S/C17H22N2O2/c1-12(2)21-16-8-4-7-15(17(16)18)19-10-13-5-3-6-14(9-13)11-20/h3-9,12,19-20H,10-11,18H2,1-2H3. The second kappa shape index (κ2) is 6.99. The minimum Gasteiger partial charge on any atom is -0.489 e. The number of aliphatic hydroxyl groups excluding tert-OH is 1. The lowest BCUT2D eigenvalue weighted by atomic mass is 10.1. The minimum absolute atomic E-state index is 0.0493. The van der Waals surface area contributed by atoms with Gasteiger partial charge in [-0.25, -0.2) is 0 Å². The summed E-state index contributed by atoms with van der Waals surface area (Å²) in [6.07, 6.45) is 0.0868. The zero-order valence-corrected chi connectivity index (χ0v) is 12.5. The van der Waals surface area contributed by atoms with Gasteiger partial charge < -0.3 is 20.9 Å². The van der Waals surface area contributed by atoms with E-state index < -0.39 is 0 Å². The quantitative estimate of drug-likeness (QED) is 0.714. The predicted molar refractivity (Wildman–Crippen MR) is 86.3 cm³/mol. The predicted octanol–water partition coefficient (Wildman–Crippen LogP) is 3.16. The Kier molecular flexibility index (Phi) is 5.06. The molecule has 0 unspecified atom stereocenters. The number of nitrogen functional groups attached to an aromatic ring is 1. The minimum atomic E-state index is 0.0493. The SMILES string of the molecule is CC(C)Oc1cccc(NCc2cccc(CO)c2)c1N. The Labute approximate surface area is 125 Å². The monoisotopic (exact) mass is 286 g/mol. The van der Waals surface area contributed by atoms with Gasteiger partial charge in [0, 0.05) is 6.54 Å². The average molecular weight is 286 g/mol. The molecule has 0 spiro atoms. The van der Waals surface area contributed by atoms with Gasteiger partial charge in [0.05, 0.1) is 24.1 Å². The first-order valence-electron chi connectivity index (χ1n) is 7.08. The number of para-hydroxylation sites is 1. The van der Waals surface area contributed by atoms with Crippen molar-refractivity contribution in [1.82, 2.24) is 0 Å². The smallest absolute Gasteiger partial charge is 0.144 e. The van der Waals surface area contributed by atoms with Crippen LogP contribution in [0.15, 0.2) is 42.5 Å². The summed E-state index contributed by atoms with van der Waals surface area (Å²) in [5.41, 5.74) is 9.58. The third kappa shape index (κ3) is 4.13. The summed E-state index contributed by atoms with van der Waals surface area (Å²) in [7, 11) is 0. The summed E-state index contributed by atoms with van der Waals surface area (Å²) < 4.78 is 5.68. The normalized spacial score (nSPS) is 10.7. The van der Waals surface area contributed by atoms with Gasteiger partial charge in [-0.15, -0.1) is 0 Å². The van der Waals surface area contributed by atoms with Gasteiger partial charge in [0.2, 0.25) is 0 Å². The van der Waals surface area contributed by atoms with E-state index in [1.165, 1.54) is 0 Å². The van der Waals surface area contributed by atoms with Crippen LogP contribution < -0.4 is 15.8 Å². The van der Waals surface area contributed by atoms with Gasteiger partial charge >= 0.3 is 0 Å². The lowest BCUT2D eigenvalue weighted by Crippen LogP contribution is -2.09. The molecule has 2 aromatic carbocycles. The Hall–Kier alpha value is -2.20. The molecule has 4 N–H and O–H groups in total. The highest BCUT2D eigenvalue weighted by Gasteiger charge is 2.07. The molecule has 0 aliphatic heterocycles. The van der Waals surface area contributed by atoms with Crippen molar-refractivity contribution in [2.45, 2.75) is 33.1 Å². The molecule has 0 aromatic heterocycles. The molecule has 0 saturated carbocycles. The Morgan fingerprint density at radius 2 is 1.86 bits per heavy atom. The maximum atomic E-state index is 9.15. The van der Waals surface area contributed by atoms with Crippen LogP contribution in [-0.4, -0.2) is 11.2 Å². The van der Waals surface area contributed by atoms with E-state index in [4.69, 9.17) is 15.6 Å². The molecule has 0 saturated heterocycles. The van der Waals surface area contributed by atoms with Gasteiger partial charge in [0.25, 0.3) is 0 Å². The number of nitrogens with two attached hydrogens (primary N) is 1. The Bertz CT molecular complexity index is 597. The maximum absolute atomic E-state index is 9.15. The van der Waals surface area contributed by atoms with E-state index in [0.29, 0.717) is 18.0 Å². The van der Waals surface area contributed by atoms with E-state index in [1.807, 2.05) is 56.3 Å². The molecule has 4 nitrogen and oxygen atoms in total. The first-order valence-corrected chi connectivity index (χ1v) is 7.08. The second-order valence-corrected chi connectivity index (χ2v) is 5.22. The molecule has 112 valence electrons. The number of hydrogen-bond donors (Lipinski definition) is 3. The highest BCUT2D eigenvalue weighted by atomic mass is 16.5. The molecule has 0 amide bonds. The van der Waals surface area contributed by atoms with Crippen molar-refractivity contribution in [3.63, 3.8) is 0 Å². The average Bonchev–Trinajstić information content (AvgIpc) is 2.48. The number of benzene rings is 2. The number of nitrogens with one attached hydrogen (secondary N) is 1. The summed E-state index contributed by atoms with van der Waals surface area (Å²) in [4.78, 5) is 0. The fourth-order valence-corrected chi connectivity index (χ4v) is 2.09. The molecular weight excluding hydrogens is 264 g/mol. The van der Waals surface area contributed by atoms with Crippen molar-refractivity contribution in [2.24, 2.45) is 0 Å². The van der Waals surface area contributed by atoms with E-state index in [2.05, 4.69) is 5.32 Å². The molecule has 0 fully saturated rings. The summed E-state index contributed by atoms with van der Waals surface area (Å²) in [5, 5.41) is 12.5. The number of hydrogen-bond acceptors (Lipinski definition) is 4. The second-order valence-electron chi connectivity index (χ2n) is 5.22. The maximum Gasteiger partial charge on any atom is 0.144 e. The van der Waals surface area contributed by atoms with Gasteiger partial charge in [-0.3, -0.25) is 0 Å². The lowest BCUT2D eigenvalue weighted by molar-refractivity contribution is 0.244. The molecule has 0 aliphatic rings. The molecule has 0 atom stereocenters. The van der Waals surface area contributed by atoms with Crippen molar-refractivity contribution in [2.75, 3.05) is 11.1 Å². The highest BCUT2D eigenvalue weighted by molar-refractivity contribution is 5.73. The zero-order valence-electron chi connectivity index (χ0n) is 12.5. The van der Waals surface area contributed by atoms with Gasteiger partial charge in [-0.1, -0.05) is 30.3 Å². The molecule has 0 heterocycles. The van der Waals surface area contributed by atoms with Crippen LogP contribution >= 0.6 is 0 Å². The van der Waals surface area contributed by atoms with Crippen LogP contribution in [0.5, 0.6) is 5.75 Å². The van der Waals surface area contributed by atoms with Gasteiger partial charge in [-0.05, 0) is 37.1 Å². The number of ether oxygens (including phenoxy) is 1. The van der Waals surface area contributed by atoms with Gasteiger partial charge in [-0.2, -0.15) is 0 Å². The molecule has 0 aliphatic carbocycles. The van der Waals surface area contributed by atoms with E-state index in [1.54, 1.807) is 0 Å². The van der Waals surface area contributed by atoms with Crippen LogP contribution in [0.25, 0.3) is 0 Å². The molecule has 2 rings (SSSR count). The summed E-state index contributed by atoms with van der Waals surface area (Å²) >= 11 is 0. The number of aliphatic hydroxyl groups is 1. The Balaban J connectivity index is 2.09. The highest BCUT2D eigenvalue weighted by Crippen LogP contribution is 2.30. The van der Waals surface area contributed by atoms with Gasteiger partial charge in [0.15, 0.2) is 0 Å². The van der Waals surface area contributed by atoms with Crippen molar-refractivity contribution >= 4 is 11.4 Å². The largest absolute Gasteiger partial charge is 0.489 e. The van der Waals surface area contributed by atoms with Crippen LogP contribution in [0, 0.1) is 0 Å². The number of rotatable bonds is 6. The summed E-state index contributed by atoms with van der Waals surface area (Å²) in [6, 6.07) is 13.5. The fourth-order valence-electron chi connectivity index (χ4n) is 2.09. The first kappa shape index (κ1) is 15.2. The third-order valence-corrected chi connectivity index (χ3v) is 3.09. The van der Waals surface area contributed by atoms with Crippen LogP contribution in [-0.2, 0) is 13.2 Å².